The zero-order chi connectivity index (χ0) is 19.6. The third-order valence-electron chi connectivity index (χ3n) is 5.57. The molecule has 1 amide bonds. The molecule has 0 aliphatic carbocycles. The van der Waals surface area contributed by atoms with Crippen molar-refractivity contribution in [2.75, 3.05) is 13.1 Å². The molecule has 1 saturated heterocycles. The molecule has 3 rings (SSSR count). The predicted molar refractivity (Wildman–Crippen MR) is 99.4 cm³/mol. The molecule has 2 aromatic rings. The van der Waals surface area contributed by atoms with E-state index in [0.29, 0.717) is 12.1 Å². The van der Waals surface area contributed by atoms with Crippen molar-refractivity contribution in [3.8, 4) is 0 Å². The number of aliphatic hydroxyl groups is 1. The normalized spacial score (nSPS) is 22.6. The molecule has 1 aromatic heterocycles. The lowest BCUT2D eigenvalue weighted by Gasteiger charge is -2.42. The number of carbonyl (C=O) groups is 2. The van der Waals surface area contributed by atoms with Gasteiger partial charge >= 0.3 is 5.97 Å². The summed E-state index contributed by atoms with van der Waals surface area (Å²) < 4.78 is 1.74. The number of β-amino-alcohol motifs (C(OH)–C–C–N with tert-alkyl or cyclic N) is 1. The Bertz CT molecular complexity index is 833. The number of aryl methyl sites for hydroxylation is 1. The van der Waals surface area contributed by atoms with E-state index in [0.717, 1.165) is 11.3 Å². The minimum absolute atomic E-state index is 0.00525. The van der Waals surface area contributed by atoms with Crippen LogP contribution in [0.5, 0.6) is 0 Å². The molecule has 0 radical (unpaired) electrons. The minimum atomic E-state index is -1.29. The Labute approximate surface area is 158 Å². The first-order valence-electron chi connectivity index (χ1n) is 9.16. The molecule has 0 saturated carbocycles. The van der Waals surface area contributed by atoms with Gasteiger partial charge in [0.15, 0.2) is 0 Å². The van der Waals surface area contributed by atoms with Gasteiger partial charge in [0.05, 0.1) is 17.9 Å². The highest BCUT2D eigenvalue weighted by Crippen LogP contribution is 2.36. The summed E-state index contributed by atoms with van der Waals surface area (Å²) in [7, 11) is 0. The summed E-state index contributed by atoms with van der Waals surface area (Å²) in [6.07, 6.45) is 0.829. The van der Waals surface area contributed by atoms with Gasteiger partial charge in [0, 0.05) is 25.3 Å². The molecule has 0 bridgehead atoms. The average molecular weight is 371 g/mol. The number of benzene rings is 1. The number of carboxylic acids is 1. The predicted octanol–water partition coefficient (Wildman–Crippen LogP) is 1.73. The van der Waals surface area contributed by atoms with Gasteiger partial charge in [0.2, 0.25) is 0 Å². The van der Waals surface area contributed by atoms with Gasteiger partial charge in [0.25, 0.3) is 5.91 Å². The highest BCUT2D eigenvalue weighted by molar-refractivity contribution is 5.95. The van der Waals surface area contributed by atoms with Gasteiger partial charge in [-0.25, -0.2) is 0 Å². The molecule has 1 fully saturated rings. The first-order chi connectivity index (χ1) is 12.9. The van der Waals surface area contributed by atoms with Crippen LogP contribution in [0, 0.1) is 12.3 Å². The van der Waals surface area contributed by atoms with Crippen LogP contribution in [0.2, 0.25) is 0 Å². The average Bonchev–Trinajstić information content (AvgIpc) is 3.04. The fourth-order valence-corrected chi connectivity index (χ4v) is 3.80. The monoisotopic (exact) mass is 371 g/mol. The quantitative estimate of drug-likeness (QED) is 0.835. The Morgan fingerprint density at radius 1 is 1.30 bits per heavy atom. The Hall–Kier alpha value is -2.67. The summed E-state index contributed by atoms with van der Waals surface area (Å²) in [4.78, 5) is 26.4. The zero-order valence-corrected chi connectivity index (χ0v) is 15.6. The highest BCUT2D eigenvalue weighted by Gasteiger charge is 2.49. The van der Waals surface area contributed by atoms with Crippen molar-refractivity contribution in [2.24, 2.45) is 5.41 Å². The molecule has 1 aliphatic heterocycles. The Balaban J connectivity index is 1.79. The third kappa shape index (κ3) is 3.47. The van der Waals surface area contributed by atoms with Gasteiger partial charge in [-0.15, -0.1) is 0 Å². The molecule has 2 heterocycles. The van der Waals surface area contributed by atoms with E-state index in [1.807, 2.05) is 44.2 Å². The van der Waals surface area contributed by atoms with Crippen molar-refractivity contribution in [2.45, 2.75) is 39.3 Å². The largest absolute Gasteiger partial charge is 0.481 e. The van der Waals surface area contributed by atoms with E-state index in [1.54, 1.807) is 4.68 Å². The first-order valence-corrected chi connectivity index (χ1v) is 9.16. The highest BCUT2D eigenvalue weighted by atomic mass is 16.4. The van der Waals surface area contributed by atoms with Crippen LogP contribution in [0.1, 0.15) is 35.0 Å². The van der Waals surface area contributed by atoms with Crippen molar-refractivity contribution < 1.29 is 19.8 Å². The van der Waals surface area contributed by atoms with Crippen molar-refractivity contribution in [3.63, 3.8) is 0 Å². The molecule has 0 spiro atoms. The number of aliphatic hydroxyl groups excluding tert-OH is 1. The molecule has 1 aromatic carbocycles. The van der Waals surface area contributed by atoms with Gasteiger partial charge in [-0.3, -0.25) is 14.3 Å². The molecule has 0 unspecified atom stereocenters. The van der Waals surface area contributed by atoms with Crippen molar-refractivity contribution in [1.82, 2.24) is 14.7 Å². The van der Waals surface area contributed by atoms with E-state index in [2.05, 4.69) is 5.10 Å². The molecular formula is C20H25N3O4. The number of likely N-dealkylation sites (tertiary alicyclic amines) is 1. The summed E-state index contributed by atoms with van der Waals surface area (Å²) in [5.74, 6) is -1.24. The fraction of sp³-hybridized carbons (Fsp3) is 0.450. The van der Waals surface area contributed by atoms with Gasteiger partial charge in [-0.05, 0) is 32.3 Å². The number of amides is 1. The van der Waals surface area contributed by atoms with Gasteiger partial charge in [0.1, 0.15) is 5.41 Å². The number of aromatic nitrogens is 2. The van der Waals surface area contributed by atoms with Crippen LogP contribution in [0.3, 0.4) is 0 Å². The van der Waals surface area contributed by atoms with Crippen molar-refractivity contribution >= 4 is 11.9 Å². The molecule has 27 heavy (non-hydrogen) atoms. The summed E-state index contributed by atoms with van der Waals surface area (Å²) in [5.41, 5.74) is 0.839. The van der Waals surface area contributed by atoms with Gasteiger partial charge in [-0.1, -0.05) is 30.3 Å². The molecular weight excluding hydrogens is 346 g/mol. The number of hydrogen-bond acceptors (Lipinski definition) is 4. The number of aliphatic carboxylic acids is 1. The van der Waals surface area contributed by atoms with Crippen LogP contribution in [0.15, 0.2) is 36.5 Å². The maximum atomic E-state index is 12.8. The van der Waals surface area contributed by atoms with Crippen LogP contribution < -0.4 is 0 Å². The number of hydrogen-bond donors (Lipinski definition) is 2. The molecule has 1 aliphatic rings. The topological polar surface area (TPSA) is 95.7 Å². The van der Waals surface area contributed by atoms with Crippen LogP contribution >= 0.6 is 0 Å². The lowest BCUT2D eigenvalue weighted by molar-refractivity contribution is -0.161. The summed E-state index contributed by atoms with van der Waals surface area (Å²) in [6.45, 7) is 4.73. The van der Waals surface area contributed by atoms with E-state index in [-0.39, 0.29) is 31.8 Å². The van der Waals surface area contributed by atoms with Crippen LogP contribution in [-0.2, 0) is 17.8 Å². The third-order valence-corrected chi connectivity index (χ3v) is 5.57. The summed E-state index contributed by atoms with van der Waals surface area (Å²) >= 11 is 0. The summed E-state index contributed by atoms with van der Waals surface area (Å²) in [5, 5.41) is 24.8. The van der Waals surface area contributed by atoms with E-state index in [1.165, 1.54) is 11.1 Å². The number of carboxylic acid groups (broad SMARTS) is 1. The second kappa shape index (κ2) is 7.52. The standard InChI is InChI=1S/C20H25N3O4/c1-3-23-14(2)16(12-21-23)18(25)22-10-9-20(19(26)27,17(24)13-22)11-15-7-5-4-6-8-15/h4-8,12,17,24H,3,9-11,13H2,1-2H3,(H,26,27)/t17-,20+/m0/s1. The van der Waals surface area contributed by atoms with Gasteiger partial charge < -0.3 is 15.1 Å². The second-order valence-corrected chi connectivity index (χ2v) is 7.10. The minimum Gasteiger partial charge on any atom is -0.481 e. The Kier molecular flexibility index (Phi) is 5.32. The second-order valence-electron chi connectivity index (χ2n) is 7.10. The Morgan fingerprint density at radius 2 is 2.00 bits per heavy atom. The van der Waals surface area contributed by atoms with Crippen LogP contribution in [0.25, 0.3) is 0 Å². The van der Waals surface area contributed by atoms with Crippen LogP contribution in [-0.4, -0.2) is 56.0 Å². The van der Waals surface area contributed by atoms with E-state index < -0.39 is 17.5 Å². The van der Waals surface area contributed by atoms with E-state index in [4.69, 9.17) is 0 Å². The van der Waals surface area contributed by atoms with E-state index in [9.17, 15) is 19.8 Å². The molecule has 2 N–H and O–H groups in total. The SMILES string of the molecule is CCn1ncc(C(=O)N2CC[C@](Cc3ccccc3)(C(=O)O)[C@@H](O)C2)c1C. The van der Waals surface area contributed by atoms with Gasteiger partial charge in [-0.2, -0.15) is 5.10 Å². The number of carbonyl (C=O) groups excluding carboxylic acids is 1. The first kappa shape index (κ1) is 19.1. The van der Waals surface area contributed by atoms with Crippen LogP contribution in [0.4, 0.5) is 0 Å². The number of rotatable bonds is 5. The Morgan fingerprint density at radius 3 is 2.56 bits per heavy atom. The lowest BCUT2D eigenvalue weighted by Crippen LogP contribution is -2.57. The fourth-order valence-electron chi connectivity index (χ4n) is 3.80. The van der Waals surface area contributed by atoms with Crippen molar-refractivity contribution in [3.05, 3.63) is 53.3 Å². The zero-order valence-electron chi connectivity index (χ0n) is 15.6. The van der Waals surface area contributed by atoms with Crippen molar-refractivity contribution in [1.29, 1.82) is 0 Å². The maximum Gasteiger partial charge on any atom is 0.312 e. The molecule has 7 heteroatoms. The molecule has 2 atom stereocenters. The lowest BCUT2D eigenvalue weighted by atomic mass is 9.71. The number of piperidine rings is 1. The molecule has 7 nitrogen and oxygen atoms in total. The van der Waals surface area contributed by atoms with E-state index >= 15 is 0 Å². The smallest absolute Gasteiger partial charge is 0.312 e. The molecule has 144 valence electrons. The number of nitrogens with zero attached hydrogens (tertiary/aromatic N) is 3. The maximum absolute atomic E-state index is 12.8. The summed E-state index contributed by atoms with van der Waals surface area (Å²) in [6, 6.07) is 9.29.